The smallest absolute Gasteiger partial charge is 0.221 e. The molecule has 4 rings (SSSR count). The van der Waals surface area contributed by atoms with Crippen LogP contribution in [0, 0.1) is 0 Å². The Morgan fingerprint density at radius 2 is 2.00 bits per heavy atom. The second-order valence-corrected chi connectivity index (χ2v) is 6.65. The predicted molar refractivity (Wildman–Crippen MR) is 92.5 cm³/mol. The Hall–Kier alpha value is -2.70. The van der Waals surface area contributed by atoms with E-state index in [9.17, 15) is 4.79 Å². The van der Waals surface area contributed by atoms with Crippen molar-refractivity contribution >= 4 is 11.7 Å². The first-order valence-corrected chi connectivity index (χ1v) is 8.52. The summed E-state index contributed by atoms with van der Waals surface area (Å²) in [5.41, 5.74) is 1.01. The predicted octanol–water partition coefficient (Wildman–Crippen LogP) is 1.52. The molecule has 4 heterocycles. The lowest BCUT2D eigenvalue weighted by molar-refractivity contribution is -0.119. The molecule has 0 aliphatic carbocycles. The van der Waals surface area contributed by atoms with E-state index in [0.29, 0.717) is 12.3 Å². The van der Waals surface area contributed by atoms with Crippen molar-refractivity contribution in [1.82, 2.24) is 20.3 Å². The van der Waals surface area contributed by atoms with Gasteiger partial charge in [0, 0.05) is 43.9 Å². The van der Waals surface area contributed by atoms with E-state index in [1.807, 2.05) is 18.2 Å². The summed E-state index contributed by atoms with van der Waals surface area (Å²) in [4.78, 5) is 26.9. The maximum atomic E-state index is 12.2. The summed E-state index contributed by atoms with van der Waals surface area (Å²) in [5, 5.41) is 3.27. The lowest BCUT2D eigenvalue weighted by Gasteiger charge is -2.43. The number of carbonyl (C=O) groups is 1. The molecule has 2 aromatic heterocycles. The number of ether oxygens (including phenoxy) is 1. The molecule has 1 unspecified atom stereocenters. The van der Waals surface area contributed by atoms with Gasteiger partial charge in [0.15, 0.2) is 0 Å². The third-order valence-corrected chi connectivity index (χ3v) is 5.37. The molecule has 1 N–H and O–H groups in total. The van der Waals surface area contributed by atoms with Gasteiger partial charge in [-0.25, -0.2) is 9.97 Å². The summed E-state index contributed by atoms with van der Waals surface area (Å²) in [6.45, 7) is 1.67. The number of amides is 1. The van der Waals surface area contributed by atoms with E-state index in [2.05, 4.69) is 25.2 Å². The van der Waals surface area contributed by atoms with E-state index < -0.39 is 0 Å². The first kappa shape index (κ1) is 15.8. The van der Waals surface area contributed by atoms with Gasteiger partial charge in [-0.05, 0) is 30.5 Å². The van der Waals surface area contributed by atoms with E-state index in [1.165, 1.54) is 11.9 Å². The topological polar surface area (TPSA) is 80.2 Å². The number of hydrogen-bond acceptors (Lipinski definition) is 6. The van der Waals surface area contributed by atoms with Crippen LogP contribution < -0.4 is 15.0 Å². The Bertz CT molecular complexity index is 759. The number of methoxy groups -OCH3 is 1. The van der Waals surface area contributed by atoms with Crippen molar-refractivity contribution in [3.63, 3.8) is 0 Å². The molecule has 7 nitrogen and oxygen atoms in total. The van der Waals surface area contributed by atoms with Gasteiger partial charge in [-0.2, -0.15) is 0 Å². The monoisotopic (exact) mass is 339 g/mol. The minimum Gasteiger partial charge on any atom is -0.481 e. The summed E-state index contributed by atoms with van der Waals surface area (Å²) < 4.78 is 5.19. The summed E-state index contributed by atoms with van der Waals surface area (Å²) in [7, 11) is 1.60. The van der Waals surface area contributed by atoms with Crippen molar-refractivity contribution in [2.24, 2.45) is 0 Å². The lowest BCUT2D eigenvalue weighted by atomic mass is 9.74. The zero-order chi connectivity index (χ0) is 17.3. The minimum absolute atomic E-state index is 0.138. The number of aromatic nitrogens is 3. The summed E-state index contributed by atoms with van der Waals surface area (Å²) in [5.74, 6) is 1.77. The zero-order valence-electron chi connectivity index (χ0n) is 14.2. The van der Waals surface area contributed by atoms with Crippen LogP contribution in [0.5, 0.6) is 5.88 Å². The van der Waals surface area contributed by atoms with E-state index in [0.717, 1.165) is 31.7 Å². The van der Waals surface area contributed by atoms with Crippen LogP contribution in [0.15, 0.2) is 36.9 Å². The molecule has 1 atom stereocenters. The van der Waals surface area contributed by atoms with Gasteiger partial charge in [-0.15, -0.1) is 0 Å². The largest absolute Gasteiger partial charge is 0.481 e. The van der Waals surface area contributed by atoms with Gasteiger partial charge in [0.1, 0.15) is 12.1 Å². The molecule has 2 aliphatic rings. The number of rotatable bonds is 3. The molecule has 2 saturated heterocycles. The van der Waals surface area contributed by atoms with Crippen molar-refractivity contribution < 1.29 is 9.53 Å². The van der Waals surface area contributed by atoms with Gasteiger partial charge < -0.3 is 15.0 Å². The lowest BCUT2D eigenvalue weighted by Crippen LogP contribution is -2.53. The van der Waals surface area contributed by atoms with Gasteiger partial charge in [0.2, 0.25) is 11.8 Å². The molecule has 2 fully saturated rings. The molecule has 0 radical (unpaired) electrons. The second kappa shape index (κ2) is 6.31. The number of nitrogens with zero attached hydrogens (tertiary/aromatic N) is 4. The molecule has 0 bridgehead atoms. The van der Waals surface area contributed by atoms with Crippen molar-refractivity contribution in [1.29, 1.82) is 0 Å². The molecule has 7 heteroatoms. The molecule has 1 spiro atoms. The maximum Gasteiger partial charge on any atom is 0.221 e. The fourth-order valence-electron chi connectivity index (χ4n) is 4.05. The zero-order valence-corrected chi connectivity index (χ0v) is 14.2. The van der Waals surface area contributed by atoms with E-state index in [4.69, 9.17) is 4.74 Å². The summed E-state index contributed by atoms with van der Waals surface area (Å²) in [6, 6.07) is 5.90. The molecule has 2 aromatic rings. The third kappa shape index (κ3) is 2.90. The second-order valence-electron chi connectivity index (χ2n) is 6.65. The summed E-state index contributed by atoms with van der Waals surface area (Å²) in [6.07, 6.45) is 7.44. The number of pyridine rings is 1. The first-order chi connectivity index (χ1) is 12.2. The van der Waals surface area contributed by atoms with Crippen molar-refractivity contribution in [3.8, 4) is 5.88 Å². The molecule has 1 amide bonds. The normalized spacial score (nSPS) is 22.0. The number of piperidine rings is 1. The maximum absolute atomic E-state index is 12.2. The van der Waals surface area contributed by atoms with Gasteiger partial charge >= 0.3 is 0 Å². The quantitative estimate of drug-likeness (QED) is 0.913. The Morgan fingerprint density at radius 1 is 1.24 bits per heavy atom. The molecule has 130 valence electrons. The van der Waals surface area contributed by atoms with Gasteiger partial charge in [-0.1, -0.05) is 0 Å². The molecule has 0 aromatic carbocycles. The van der Waals surface area contributed by atoms with E-state index in [1.54, 1.807) is 19.5 Å². The Balaban J connectivity index is 1.54. The number of nitrogens with one attached hydrogen (secondary N) is 1. The van der Waals surface area contributed by atoms with Crippen LogP contribution in [0.2, 0.25) is 0 Å². The Kier molecular flexibility index (Phi) is 3.99. The molecule has 2 aliphatic heterocycles. The highest BCUT2D eigenvalue weighted by Crippen LogP contribution is 2.43. The average molecular weight is 339 g/mol. The average Bonchev–Trinajstić information content (AvgIpc) is 2.99. The third-order valence-electron chi connectivity index (χ3n) is 5.37. The van der Waals surface area contributed by atoms with E-state index >= 15 is 0 Å². The fourth-order valence-corrected chi connectivity index (χ4v) is 4.05. The van der Waals surface area contributed by atoms with Crippen LogP contribution in [-0.2, 0) is 4.79 Å². The van der Waals surface area contributed by atoms with Crippen LogP contribution in [0.1, 0.15) is 30.7 Å². The Labute approximate surface area is 146 Å². The van der Waals surface area contributed by atoms with Crippen molar-refractivity contribution in [3.05, 3.63) is 42.5 Å². The fraction of sp³-hybridized carbons (Fsp3) is 0.444. The van der Waals surface area contributed by atoms with Crippen LogP contribution in [-0.4, -0.2) is 46.6 Å². The number of anilines is 1. The minimum atomic E-state index is -0.175. The van der Waals surface area contributed by atoms with Crippen LogP contribution >= 0.6 is 0 Å². The van der Waals surface area contributed by atoms with Gasteiger partial charge in [0.05, 0.1) is 12.6 Å². The van der Waals surface area contributed by atoms with Crippen molar-refractivity contribution in [2.75, 3.05) is 25.1 Å². The van der Waals surface area contributed by atoms with Crippen LogP contribution in [0.3, 0.4) is 0 Å². The van der Waals surface area contributed by atoms with E-state index in [-0.39, 0.29) is 17.4 Å². The molecule has 0 saturated carbocycles. The first-order valence-electron chi connectivity index (χ1n) is 8.52. The molecular formula is C18H21N5O2. The molecular weight excluding hydrogens is 318 g/mol. The summed E-state index contributed by atoms with van der Waals surface area (Å²) >= 11 is 0. The Morgan fingerprint density at radius 3 is 2.72 bits per heavy atom. The van der Waals surface area contributed by atoms with Crippen LogP contribution in [0.25, 0.3) is 0 Å². The molecule has 25 heavy (non-hydrogen) atoms. The highest BCUT2D eigenvalue weighted by molar-refractivity contribution is 5.81. The highest BCUT2D eigenvalue weighted by Gasteiger charge is 2.48. The SMILES string of the molecule is COc1cc(N2CCC3(CC2)NC(=O)CC3c2ccncc2)ncn1. The van der Waals surface area contributed by atoms with Gasteiger partial charge in [-0.3, -0.25) is 9.78 Å². The number of hydrogen-bond donors (Lipinski definition) is 1. The van der Waals surface area contributed by atoms with Crippen LogP contribution in [0.4, 0.5) is 5.82 Å². The standard InChI is InChI=1S/C18H21N5O2/c1-25-17-11-15(20-12-21-17)23-8-4-18(5-9-23)14(10-16(24)22-18)13-2-6-19-7-3-13/h2-3,6-7,11-12,14H,4-5,8-10H2,1H3,(H,22,24). The number of carbonyl (C=O) groups excluding carboxylic acids is 1. The van der Waals surface area contributed by atoms with Crippen molar-refractivity contribution in [2.45, 2.75) is 30.7 Å². The highest BCUT2D eigenvalue weighted by atomic mass is 16.5. The van der Waals surface area contributed by atoms with Gasteiger partial charge in [0.25, 0.3) is 0 Å².